The Morgan fingerprint density at radius 1 is 1.20 bits per heavy atom. The highest BCUT2D eigenvalue weighted by Crippen LogP contribution is 2.31. The van der Waals surface area contributed by atoms with Gasteiger partial charge in [-0.25, -0.2) is 9.97 Å². The minimum atomic E-state index is 0.0584. The largest absolute Gasteiger partial charge is 0.493 e. The molecule has 0 radical (unpaired) electrons. The quantitative estimate of drug-likeness (QED) is 0.604. The van der Waals surface area contributed by atoms with Gasteiger partial charge in [0.2, 0.25) is 5.91 Å². The third-order valence-electron chi connectivity index (χ3n) is 5.73. The van der Waals surface area contributed by atoms with Crippen molar-refractivity contribution in [2.24, 2.45) is 0 Å². The summed E-state index contributed by atoms with van der Waals surface area (Å²) in [6.45, 7) is 5.84. The summed E-state index contributed by atoms with van der Waals surface area (Å²) in [6.07, 6.45) is 7.18. The van der Waals surface area contributed by atoms with Crippen molar-refractivity contribution in [2.45, 2.75) is 19.8 Å². The molecule has 3 aromatic rings. The molecule has 30 heavy (non-hydrogen) atoms. The number of aromatic nitrogens is 2. The molecule has 0 N–H and O–H groups in total. The van der Waals surface area contributed by atoms with Crippen LogP contribution in [0.5, 0.6) is 5.75 Å². The van der Waals surface area contributed by atoms with Gasteiger partial charge < -0.3 is 14.5 Å². The maximum Gasteiger partial charge on any atom is 0.246 e. The Labute approximate surface area is 179 Å². The number of aryl methyl sites for hydroxylation is 1. The standard InChI is InChI=1S/C23H24N4O2S/c1-2-18-14-19-22(24-15-25-23(19)30-18)27-10-8-26(9-11-27)21(28)6-4-16-3-5-20-17(13-16)7-12-29-20/h3-6,13-15H,2,7-12H2,1H3/b6-4+. The van der Waals surface area contributed by atoms with Crippen LogP contribution in [0.15, 0.2) is 36.7 Å². The van der Waals surface area contributed by atoms with Gasteiger partial charge in [-0.2, -0.15) is 0 Å². The molecular weight excluding hydrogens is 396 g/mol. The summed E-state index contributed by atoms with van der Waals surface area (Å²) in [7, 11) is 0. The summed E-state index contributed by atoms with van der Waals surface area (Å²) >= 11 is 1.73. The van der Waals surface area contributed by atoms with Gasteiger partial charge >= 0.3 is 0 Å². The average molecular weight is 421 g/mol. The van der Waals surface area contributed by atoms with E-state index >= 15 is 0 Å². The van der Waals surface area contributed by atoms with Crippen LogP contribution in [0.3, 0.4) is 0 Å². The van der Waals surface area contributed by atoms with Crippen molar-refractivity contribution >= 4 is 39.4 Å². The Hall–Kier alpha value is -2.93. The van der Waals surface area contributed by atoms with Crippen molar-refractivity contribution in [3.8, 4) is 5.75 Å². The molecule has 0 unspecified atom stereocenters. The van der Waals surface area contributed by atoms with E-state index in [0.29, 0.717) is 13.1 Å². The first-order valence-electron chi connectivity index (χ1n) is 10.4. The molecule has 6 nitrogen and oxygen atoms in total. The number of amides is 1. The Morgan fingerprint density at radius 2 is 2.07 bits per heavy atom. The predicted molar refractivity (Wildman–Crippen MR) is 120 cm³/mol. The number of hydrogen-bond donors (Lipinski definition) is 0. The van der Waals surface area contributed by atoms with Crippen LogP contribution >= 0.6 is 11.3 Å². The Bertz CT molecular complexity index is 1120. The van der Waals surface area contributed by atoms with Crippen molar-refractivity contribution in [1.29, 1.82) is 0 Å². The van der Waals surface area contributed by atoms with E-state index < -0.39 is 0 Å². The number of thiophene rings is 1. The highest BCUT2D eigenvalue weighted by atomic mass is 32.1. The van der Waals surface area contributed by atoms with E-state index in [1.807, 2.05) is 23.1 Å². The highest BCUT2D eigenvalue weighted by molar-refractivity contribution is 7.18. The number of ether oxygens (including phenoxy) is 1. The molecule has 0 spiro atoms. The molecule has 1 amide bonds. The Morgan fingerprint density at radius 3 is 2.90 bits per heavy atom. The fraction of sp³-hybridized carbons (Fsp3) is 0.348. The molecule has 0 saturated carbocycles. The summed E-state index contributed by atoms with van der Waals surface area (Å²) in [5, 5.41) is 1.12. The third kappa shape index (κ3) is 3.65. The van der Waals surface area contributed by atoms with Gasteiger partial charge in [0, 0.05) is 43.6 Å². The molecule has 0 aliphatic carbocycles. The summed E-state index contributed by atoms with van der Waals surface area (Å²) in [6, 6.07) is 8.30. The average Bonchev–Trinajstić information content (AvgIpc) is 3.43. The lowest BCUT2D eigenvalue weighted by atomic mass is 10.1. The van der Waals surface area contributed by atoms with Gasteiger partial charge in [-0.15, -0.1) is 11.3 Å². The van der Waals surface area contributed by atoms with Crippen molar-refractivity contribution < 1.29 is 9.53 Å². The van der Waals surface area contributed by atoms with Gasteiger partial charge in [-0.05, 0) is 41.8 Å². The lowest BCUT2D eigenvalue weighted by molar-refractivity contribution is -0.126. The minimum Gasteiger partial charge on any atom is -0.493 e. The van der Waals surface area contributed by atoms with Crippen LogP contribution in [0.25, 0.3) is 16.3 Å². The maximum absolute atomic E-state index is 12.7. The molecule has 0 bridgehead atoms. The summed E-state index contributed by atoms with van der Waals surface area (Å²) < 4.78 is 5.54. The van der Waals surface area contributed by atoms with E-state index in [1.54, 1.807) is 23.7 Å². The second kappa shape index (κ2) is 8.07. The molecule has 1 fully saturated rings. The third-order valence-corrected chi connectivity index (χ3v) is 6.92. The number of piperazine rings is 1. The van der Waals surface area contributed by atoms with Crippen molar-refractivity contribution in [3.05, 3.63) is 52.7 Å². The van der Waals surface area contributed by atoms with Crippen LogP contribution < -0.4 is 9.64 Å². The number of carbonyl (C=O) groups is 1. The van der Waals surface area contributed by atoms with Gasteiger partial charge in [0.25, 0.3) is 0 Å². The van der Waals surface area contributed by atoms with E-state index in [0.717, 1.165) is 59.9 Å². The molecule has 2 aliphatic rings. The zero-order chi connectivity index (χ0) is 20.5. The fourth-order valence-electron chi connectivity index (χ4n) is 4.04. The number of hydrogen-bond acceptors (Lipinski definition) is 6. The van der Waals surface area contributed by atoms with Crippen LogP contribution in [-0.4, -0.2) is 53.6 Å². The van der Waals surface area contributed by atoms with Gasteiger partial charge in [0.1, 0.15) is 22.7 Å². The van der Waals surface area contributed by atoms with Crippen LogP contribution in [-0.2, 0) is 17.6 Å². The first-order chi connectivity index (χ1) is 14.7. The summed E-state index contributed by atoms with van der Waals surface area (Å²) in [5.74, 6) is 2.01. The van der Waals surface area contributed by atoms with Gasteiger partial charge in [-0.1, -0.05) is 13.0 Å². The van der Waals surface area contributed by atoms with E-state index in [9.17, 15) is 4.79 Å². The van der Waals surface area contributed by atoms with Crippen molar-refractivity contribution in [2.75, 3.05) is 37.7 Å². The molecular formula is C23H24N4O2S. The number of carbonyl (C=O) groups excluding carboxylic acids is 1. The lowest BCUT2D eigenvalue weighted by Gasteiger charge is -2.35. The van der Waals surface area contributed by atoms with Crippen LogP contribution in [0, 0.1) is 0 Å². The van der Waals surface area contributed by atoms with E-state index in [1.165, 1.54) is 10.4 Å². The number of benzene rings is 1. The monoisotopic (exact) mass is 420 g/mol. The zero-order valence-electron chi connectivity index (χ0n) is 17.0. The highest BCUT2D eigenvalue weighted by Gasteiger charge is 2.22. The SMILES string of the molecule is CCc1cc2c(N3CCN(C(=O)/C=C/c4ccc5c(c4)CCO5)CC3)ncnc2s1. The van der Waals surface area contributed by atoms with Gasteiger partial charge in [-0.3, -0.25) is 4.79 Å². The molecule has 5 rings (SSSR count). The fourth-order valence-corrected chi connectivity index (χ4v) is 4.97. The number of nitrogens with zero attached hydrogens (tertiary/aromatic N) is 4. The Balaban J connectivity index is 1.24. The molecule has 1 saturated heterocycles. The maximum atomic E-state index is 12.7. The molecule has 2 aliphatic heterocycles. The normalized spacial score (nSPS) is 16.3. The lowest BCUT2D eigenvalue weighted by Crippen LogP contribution is -2.48. The molecule has 4 heterocycles. The molecule has 0 atom stereocenters. The van der Waals surface area contributed by atoms with Gasteiger partial charge in [0.15, 0.2) is 0 Å². The second-order valence-corrected chi connectivity index (χ2v) is 8.71. The number of fused-ring (bicyclic) bond motifs is 2. The molecule has 2 aromatic heterocycles. The van der Waals surface area contributed by atoms with Crippen molar-refractivity contribution in [3.63, 3.8) is 0 Å². The second-order valence-electron chi connectivity index (χ2n) is 7.59. The summed E-state index contributed by atoms with van der Waals surface area (Å²) in [4.78, 5) is 28.2. The topological polar surface area (TPSA) is 58.6 Å². The molecule has 7 heteroatoms. The van der Waals surface area contributed by atoms with E-state index in [2.05, 4.69) is 33.9 Å². The van der Waals surface area contributed by atoms with E-state index in [-0.39, 0.29) is 5.91 Å². The van der Waals surface area contributed by atoms with Crippen molar-refractivity contribution in [1.82, 2.24) is 14.9 Å². The predicted octanol–water partition coefficient (Wildman–Crippen LogP) is 3.55. The number of rotatable bonds is 4. The molecule has 1 aromatic carbocycles. The van der Waals surface area contributed by atoms with Crippen LogP contribution in [0.1, 0.15) is 22.9 Å². The van der Waals surface area contributed by atoms with Crippen LogP contribution in [0.2, 0.25) is 0 Å². The number of anilines is 1. The first kappa shape index (κ1) is 19.1. The first-order valence-corrected chi connectivity index (χ1v) is 11.2. The zero-order valence-corrected chi connectivity index (χ0v) is 17.8. The minimum absolute atomic E-state index is 0.0584. The van der Waals surface area contributed by atoms with E-state index in [4.69, 9.17) is 4.74 Å². The smallest absolute Gasteiger partial charge is 0.246 e. The Kier molecular flexibility index (Phi) is 5.12. The van der Waals surface area contributed by atoms with Gasteiger partial charge in [0.05, 0.1) is 12.0 Å². The summed E-state index contributed by atoms with van der Waals surface area (Å²) in [5.41, 5.74) is 2.26. The molecule has 154 valence electrons. The van der Waals surface area contributed by atoms with Crippen LogP contribution in [0.4, 0.5) is 5.82 Å².